The second-order valence-corrected chi connectivity index (χ2v) is 6.02. The summed E-state index contributed by atoms with van der Waals surface area (Å²) in [7, 11) is 2.16. The first-order chi connectivity index (χ1) is 6.55. The van der Waals surface area contributed by atoms with Crippen LogP contribution in [0.1, 0.15) is 13.8 Å². The summed E-state index contributed by atoms with van der Waals surface area (Å²) in [6.07, 6.45) is 0. The topological polar surface area (TPSA) is 23.6 Å². The van der Waals surface area contributed by atoms with E-state index < -0.39 is 0 Å². The molecule has 0 aliphatic carbocycles. The molecule has 0 aromatic carbocycles. The largest absolute Gasteiger partial charge is 0.337 e. The molecule has 2 fully saturated rings. The molecule has 0 bridgehead atoms. The number of nitrogens with zero attached hydrogens (tertiary/aromatic N) is 2. The van der Waals surface area contributed by atoms with Gasteiger partial charge in [0.2, 0.25) is 5.91 Å². The van der Waals surface area contributed by atoms with E-state index in [1.165, 1.54) is 5.75 Å². The smallest absolute Gasteiger partial charge is 0.225 e. The summed E-state index contributed by atoms with van der Waals surface area (Å²) in [5.41, 5.74) is 0. The van der Waals surface area contributed by atoms with Crippen molar-refractivity contribution in [3.63, 3.8) is 0 Å². The highest BCUT2D eigenvalue weighted by Gasteiger charge is 2.51. The fraction of sp³-hybridized carbons (Fsp3) is 0.900. The minimum Gasteiger partial charge on any atom is -0.337 e. The lowest BCUT2D eigenvalue weighted by molar-refractivity contribution is -0.142. The number of carbonyl (C=O) groups excluding carboxylic acids is 1. The molecule has 3 nitrogen and oxygen atoms in total. The molecule has 80 valence electrons. The van der Waals surface area contributed by atoms with Crippen LogP contribution in [0.3, 0.4) is 0 Å². The van der Waals surface area contributed by atoms with Gasteiger partial charge in [-0.1, -0.05) is 13.8 Å². The Hall–Kier alpha value is -0.220. The molecule has 0 saturated carbocycles. The third-order valence-corrected chi connectivity index (χ3v) is 4.67. The van der Waals surface area contributed by atoms with Gasteiger partial charge in [-0.05, 0) is 7.05 Å². The van der Waals surface area contributed by atoms with Crippen molar-refractivity contribution < 1.29 is 4.79 Å². The van der Waals surface area contributed by atoms with Gasteiger partial charge in [0.05, 0.1) is 13.1 Å². The molecule has 2 heterocycles. The van der Waals surface area contributed by atoms with Gasteiger partial charge >= 0.3 is 0 Å². The molecular weight excluding hydrogens is 196 g/mol. The summed E-state index contributed by atoms with van der Waals surface area (Å²) in [4.78, 5) is 16.3. The maximum absolute atomic E-state index is 11.7. The third-order valence-electron chi connectivity index (χ3n) is 3.17. The molecule has 0 unspecified atom stereocenters. The Bertz CT molecular complexity index is 249. The number of carbonyl (C=O) groups is 1. The minimum absolute atomic E-state index is 0.143. The first-order valence-electron chi connectivity index (χ1n) is 5.19. The van der Waals surface area contributed by atoms with Crippen molar-refractivity contribution in [1.29, 1.82) is 0 Å². The number of hydrogen-bond acceptors (Lipinski definition) is 3. The second-order valence-electron chi connectivity index (χ2n) is 4.57. The van der Waals surface area contributed by atoms with Gasteiger partial charge in [0.25, 0.3) is 0 Å². The van der Waals surface area contributed by atoms with Crippen molar-refractivity contribution in [3.05, 3.63) is 0 Å². The van der Waals surface area contributed by atoms with Crippen LogP contribution in [-0.2, 0) is 4.79 Å². The fourth-order valence-electron chi connectivity index (χ4n) is 2.09. The Morgan fingerprint density at radius 1 is 1.43 bits per heavy atom. The summed E-state index contributed by atoms with van der Waals surface area (Å²) >= 11 is 2.00. The lowest BCUT2D eigenvalue weighted by Crippen LogP contribution is -2.67. The predicted octanol–water partition coefficient (Wildman–Crippen LogP) is 0.860. The Morgan fingerprint density at radius 3 is 2.50 bits per heavy atom. The van der Waals surface area contributed by atoms with Crippen molar-refractivity contribution in [2.24, 2.45) is 5.92 Å². The monoisotopic (exact) mass is 214 g/mol. The summed E-state index contributed by atoms with van der Waals surface area (Å²) in [6.45, 7) is 6.95. The van der Waals surface area contributed by atoms with Gasteiger partial charge in [-0.2, -0.15) is 0 Å². The summed E-state index contributed by atoms with van der Waals surface area (Å²) < 4.78 is 0. The molecule has 0 N–H and O–H groups in total. The van der Waals surface area contributed by atoms with Crippen LogP contribution in [0.15, 0.2) is 0 Å². The molecule has 2 aliphatic rings. The lowest BCUT2D eigenvalue weighted by atomic mass is 10.0. The van der Waals surface area contributed by atoms with Gasteiger partial charge in [0.1, 0.15) is 4.87 Å². The molecule has 2 rings (SSSR count). The maximum Gasteiger partial charge on any atom is 0.225 e. The number of likely N-dealkylation sites (tertiary alicyclic amines) is 1. The standard InChI is InChI=1S/C10H18N2OS/c1-8(2)9(13)12-6-10(7-12)11(3)4-5-14-10/h8H,4-7H2,1-3H3. The van der Waals surface area contributed by atoms with E-state index in [-0.39, 0.29) is 10.8 Å². The Balaban J connectivity index is 1.92. The fourth-order valence-corrected chi connectivity index (χ4v) is 3.64. The van der Waals surface area contributed by atoms with Crippen LogP contribution >= 0.6 is 11.8 Å². The SMILES string of the molecule is CC(C)C(=O)N1CC2(C1)SCCN2C. The zero-order valence-electron chi connectivity index (χ0n) is 9.12. The van der Waals surface area contributed by atoms with E-state index in [4.69, 9.17) is 0 Å². The number of amides is 1. The van der Waals surface area contributed by atoms with Crippen molar-refractivity contribution >= 4 is 17.7 Å². The predicted molar refractivity (Wildman–Crippen MR) is 59.2 cm³/mol. The van der Waals surface area contributed by atoms with Crippen LogP contribution in [0.4, 0.5) is 0 Å². The quantitative estimate of drug-likeness (QED) is 0.647. The lowest BCUT2D eigenvalue weighted by Gasteiger charge is -2.51. The molecule has 4 heteroatoms. The Morgan fingerprint density at radius 2 is 2.07 bits per heavy atom. The maximum atomic E-state index is 11.7. The van der Waals surface area contributed by atoms with Crippen LogP contribution < -0.4 is 0 Å². The van der Waals surface area contributed by atoms with Gasteiger partial charge in [-0.15, -0.1) is 11.8 Å². The van der Waals surface area contributed by atoms with Crippen LogP contribution in [0, 0.1) is 5.92 Å². The molecule has 0 aromatic heterocycles. The first-order valence-corrected chi connectivity index (χ1v) is 6.18. The second kappa shape index (κ2) is 3.42. The van der Waals surface area contributed by atoms with Gasteiger partial charge < -0.3 is 4.90 Å². The summed E-state index contributed by atoms with van der Waals surface area (Å²) in [6, 6.07) is 0. The van der Waals surface area contributed by atoms with Gasteiger partial charge in [-0.3, -0.25) is 9.69 Å². The zero-order valence-corrected chi connectivity index (χ0v) is 9.93. The van der Waals surface area contributed by atoms with Gasteiger partial charge in [-0.25, -0.2) is 0 Å². The van der Waals surface area contributed by atoms with Crippen LogP contribution in [0.25, 0.3) is 0 Å². The summed E-state index contributed by atoms with van der Waals surface area (Å²) in [5.74, 6) is 1.65. The molecule has 0 radical (unpaired) electrons. The zero-order chi connectivity index (χ0) is 10.3. The van der Waals surface area contributed by atoms with Crippen LogP contribution in [0.5, 0.6) is 0 Å². The molecular formula is C10H18N2OS. The average molecular weight is 214 g/mol. The number of likely N-dealkylation sites (N-methyl/N-ethyl adjacent to an activating group) is 1. The molecule has 14 heavy (non-hydrogen) atoms. The van der Waals surface area contributed by atoms with E-state index >= 15 is 0 Å². The van der Waals surface area contributed by atoms with Gasteiger partial charge in [0, 0.05) is 18.2 Å². The Labute approximate surface area is 89.8 Å². The van der Waals surface area contributed by atoms with E-state index in [9.17, 15) is 4.79 Å². The average Bonchev–Trinajstić information content (AvgIpc) is 2.43. The van der Waals surface area contributed by atoms with Crippen LogP contribution in [0.2, 0.25) is 0 Å². The normalized spacial score (nSPS) is 25.9. The van der Waals surface area contributed by atoms with Crippen LogP contribution in [-0.4, -0.2) is 53.0 Å². The van der Waals surface area contributed by atoms with Crippen molar-refractivity contribution in [1.82, 2.24) is 9.80 Å². The van der Waals surface area contributed by atoms with E-state index in [1.807, 2.05) is 30.5 Å². The molecule has 2 saturated heterocycles. The molecule has 1 amide bonds. The van der Waals surface area contributed by atoms with E-state index in [0.29, 0.717) is 5.91 Å². The first kappa shape index (κ1) is 10.3. The summed E-state index contributed by atoms with van der Waals surface area (Å²) in [5, 5.41) is 0. The Kier molecular flexibility index (Phi) is 2.52. The molecule has 0 atom stereocenters. The van der Waals surface area contributed by atoms with Crippen molar-refractivity contribution in [3.8, 4) is 0 Å². The molecule has 2 aliphatic heterocycles. The highest BCUT2D eigenvalue weighted by molar-refractivity contribution is 8.01. The van der Waals surface area contributed by atoms with E-state index in [0.717, 1.165) is 19.6 Å². The minimum atomic E-state index is 0.143. The number of rotatable bonds is 1. The number of hydrogen-bond donors (Lipinski definition) is 0. The van der Waals surface area contributed by atoms with E-state index in [1.54, 1.807) is 0 Å². The van der Waals surface area contributed by atoms with Crippen molar-refractivity contribution in [2.75, 3.05) is 32.4 Å². The highest BCUT2D eigenvalue weighted by Crippen LogP contribution is 2.42. The van der Waals surface area contributed by atoms with E-state index in [2.05, 4.69) is 11.9 Å². The highest BCUT2D eigenvalue weighted by atomic mass is 32.2. The van der Waals surface area contributed by atoms with Crippen molar-refractivity contribution in [2.45, 2.75) is 18.7 Å². The van der Waals surface area contributed by atoms with Gasteiger partial charge in [0.15, 0.2) is 0 Å². The number of thioether (sulfide) groups is 1. The molecule has 1 spiro atoms. The molecule has 0 aromatic rings. The third kappa shape index (κ3) is 1.44.